The van der Waals surface area contributed by atoms with Crippen LogP contribution in [0.4, 0.5) is 5.69 Å². The first-order valence-corrected chi connectivity index (χ1v) is 7.54. The standard InChI is InChI=1S/C18H22N2O2/c1-17(2,3)18(4)19-15-10-6-5-9-14(15)16(21)20(18)12-13-8-7-11-22-13/h5-11,19H,12H2,1-4H3. The summed E-state index contributed by atoms with van der Waals surface area (Å²) in [5, 5.41) is 3.57. The molecule has 2 heterocycles. The summed E-state index contributed by atoms with van der Waals surface area (Å²) in [6, 6.07) is 11.4. The molecule has 3 rings (SSSR count). The Balaban J connectivity index is 2.08. The second kappa shape index (κ2) is 4.90. The lowest BCUT2D eigenvalue weighted by Crippen LogP contribution is -2.64. The van der Waals surface area contributed by atoms with Crippen LogP contribution < -0.4 is 5.32 Å². The largest absolute Gasteiger partial charge is 0.467 e. The fraction of sp³-hybridized carbons (Fsp3) is 0.389. The lowest BCUT2D eigenvalue weighted by atomic mass is 9.78. The van der Waals surface area contributed by atoms with E-state index in [0.717, 1.165) is 11.4 Å². The Morgan fingerprint density at radius 3 is 2.55 bits per heavy atom. The minimum Gasteiger partial charge on any atom is -0.467 e. The van der Waals surface area contributed by atoms with Crippen LogP contribution in [0.15, 0.2) is 47.1 Å². The van der Waals surface area contributed by atoms with Gasteiger partial charge in [0.05, 0.1) is 18.4 Å². The number of nitrogens with one attached hydrogen (secondary N) is 1. The zero-order valence-corrected chi connectivity index (χ0v) is 13.5. The summed E-state index contributed by atoms with van der Waals surface area (Å²) < 4.78 is 5.46. The highest BCUT2D eigenvalue weighted by Gasteiger charge is 2.48. The van der Waals surface area contributed by atoms with Gasteiger partial charge in [-0.1, -0.05) is 32.9 Å². The number of anilines is 1. The average Bonchev–Trinajstić information content (AvgIpc) is 2.95. The summed E-state index contributed by atoms with van der Waals surface area (Å²) in [6.45, 7) is 8.92. The summed E-state index contributed by atoms with van der Waals surface area (Å²) >= 11 is 0. The monoisotopic (exact) mass is 298 g/mol. The molecule has 1 amide bonds. The SMILES string of the molecule is CC(C)(C)C1(C)Nc2ccccc2C(=O)N1Cc1ccco1. The topological polar surface area (TPSA) is 45.5 Å². The maximum atomic E-state index is 13.0. The first-order valence-electron chi connectivity index (χ1n) is 7.54. The number of benzene rings is 1. The first kappa shape index (κ1) is 14.7. The van der Waals surface area contributed by atoms with Gasteiger partial charge in [0.1, 0.15) is 11.4 Å². The van der Waals surface area contributed by atoms with E-state index in [1.807, 2.05) is 41.3 Å². The van der Waals surface area contributed by atoms with E-state index in [0.29, 0.717) is 12.1 Å². The van der Waals surface area contributed by atoms with E-state index in [2.05, 4.69) is 33.0 Å². The van der Waals surface area contributed by atoms with E-state index in [-0.39, 0.29) is 11.3 Å². The summed E-state index contributed by atoms with van der Waals surface area (Å²) in [5.74, 6) is 0.813. The molecule has 0 saturated heterocycles. The molecule has 1 aromatic heterocycles. The molecule has 1 unspecified atom stereocenters. The lowest BCUT2D eigenvalue weighted by molar-refractivity contribution is 0.0132. The highest BCUT2D eigenvalue weighted by molar-refractivity contribution is 6.02. The molecule has 1 aromatic carbocycles. The number of hydrogen-bond donors (Lipinski definition) is 1. The molecule has 4 heteroatoms. The van der Waals surface area contributed by atoms with Gasteiger partial charge in [0.15, 0.2) is 0 Å². The zero-order chi connectivity index (χ0) is 16.0. The van der Waals surface area contributed by atoms with Crippen LogP contribution in [-0.2, 0) is 6.54 Å². The Hall–Kier alpha value is -2.23. The van der Waals surface area contributed by atoms with Crippen molar-refractivity contribution in [2.24, 2.45) is 5.41 Å². The predicted molar refractivity (Wildman–Crippen MR) is 86.5 cm³/mol. The van der Waals surface area contributed by atoms with Crippen molar-refractivity contribution in [1.29, 1.82) is 0 Å². The summed E-state index contributed by atoms with van der Waals surface area (Å²) in [7, 11) is 0. The predicted octanol–water partition coefficient (Wildman–Crippen LogP) is 4.11. The summed E-state index contributed by atoms with van der Waals surface area (Å²) in [5.41, 5.74) is 0.935. The van der Waals surface area contributed by atoms with E-state index in [9.17, 15) is 4.79 Å². The van der Waals surface area contributed by atoms with Crippen molar-refractivity contribution < 1.29 is 9.21 Å². The molecule has 116 valence electrons. The molecule has 0 bridgehead atoms. The Kier molecular flexibility index (Phi) is 3.28. The van der Waals surface area contributed by atoms with Gasteiger partial charge in [0, 0.05) is 11.1 Å². The van der Waals surface area contributed by atoms with E-state index < -0.39 is 5.66 Å². The number of nitrogens with zero attached hydrogens (tertiary/aromatic N) is 1. The molecule has 22 heavy (non-hydrogen) atoms. The van der Waals surface area contributed by atoms with Gasteiger partial charge in [-0.3, -0.25) is 4.79 Å². The molecule has 1 aliphatic heterocycles. The van der Waals surface area contributed by atoms with Crippen molar-refractivity contribution in [2.75, 3.05) is 5.32 Å². The van der Waals surface area contributed by atoms with E-state index in [1.54, 1.807) is 6.26 Å². The van der Waals surface area contributed by atoms with Crippen LogP contribution >= 0.6 is 0 Å². The molecule has 1 aliphatic rings. The summed E-state index contributed by atoms with van der Waals surface area (Å²) in [6.07, 6.45) is 1.64. The second-order valence-electron chi connectivity index (χ2n) is 6.96. The van der Waals surface area contributed by atoms with Gasteiger partial charge in [0.25, 0.3) is 5.91 Å². The minimum atomic E-state index is -0.509. The van der Waals surface area contributed by atoms with Crippen LogP contribution in [0.2, 0.25) is 0 Å². The van der Waals surface area contributed by atoms with Crippen LogP contribution in [0.1, 0.15) is 43.8 Å². The molecule has 0 saturated carbocycles. The molecular formula is C18H22N2O2. The van der Waals surface area contributed by atoms with Gasteiger partial charge in [-0.15, -0.1) is 0 Å². The molecule has 0 fully saturated rings. The molecule has 2 aromatic rings. The molecule has 1 atom stereocenters. The molecule has 0 spiro atoms. The van der Waals surface area contributed by atoms with Crippen molar-refractivity contribution in [3.63, 3.8) is 0 Å². The number of hydrogen-bond acceptors (Lipinski definition) is 3. The Labute approximate surface area is 131 Å². The van der Waals surface area contributed by atoms with Gasteiger partial charge in [-0.2, -0.15) is 0 Å². The molecule has 0 radical (unpaired) electrons. The molecule has 1 N–H and O–H groups in total. The average molecular weight is 298 g/mol. The third-order valence-corrected chi connectivity index (χ3v) is 4.67. The van der Waals surface area contributed by atoms with E-state index in [4.69, 9.17) is 4.42 Å². The smallest absolute Gasteiger partial charge is 0.258 e. The van der Waals surface area contributed by atoms with Gasteiger partial charge in [-0.05, 0) is 31.2 Å². The Bertz CT molecular complexity index is 685. The Morgan fingerprint density at radius 2 is 1.91 bits per heavy atom. The number of para-hydroxylation sites is 1. The molecular weight excluding hydrogens is 276 g/mol. The van der Waals surface area contributed by atoms with Crippen LogP contribution in [0.5, 0.6) is 0 Å². The van der Waals surface area contributed by atoms with E-state index in [1.165, 1.54) is 0 Å². The number of furan rings is 1. The third-order valence-electron chi connectivity index (χ3n) is 4.67. The summed E-state index contributed by atoms with van der Waals surface area (Å²) in [4.78, 5) is 14.9. The Morgan fingerprint density at radius 1 is 1.18 bits per heavy atom. The van der Waals surface area contributed by atoms with Crippen molar-refractivity contribution in [2.45, 2.75) is 39.9 Å². The second-order valence-corrected chi connectivity index (χ2v) is 6.96. The lowest BCUT2D eigenvalue weighted by Gasteiger charge is -2.53. The highest BCUT2D eigenvalue weighted by Crippen LogP contribution is 2.42. The van der Waals surface area contributed by atoms with Gasteiger partial charge in [-0.25, -0.2) is 0 Å². The maximum Gasteiger partial charge on any atom is 0.258 e. The van der Waals surface area contributed by atoms with Crippen LogP contribution in [0.25, 0.3) is 0 Å². The molecule has 4 nitrogen and oxygen atoms in total. The zero-order valence-electron chi connectivity index (χ0n) is 13.5. The van der Waals surface area contributed by atoms with Crippen molar-refractivity contribution in [1.82, 2.24) is 4.90 Å². The van der Waals surface area contributed by atoms with Crippen molar-refractivity contribution >= 4 is 11.6 Å². The highest BCUT2D eigenvalue weighted by atomic mass is 16.3. The fourth-order valence-electron chi connectivity index (χ4n) is 2.84. The number of fused-ring (bicyclic) bond motifs is 1. The van der Waals surface area contributed by atoms with Crippen LogP contribution in [-0.4, -0.2) is 16.5 Å². The van der Waals surface area contributed by atoms with Crippen molar-refractivity contribution in [3.8, 4) is 0 Å². The van der Waals surface area contributed by atoms with Crippen molar-refractivity contribution in [3.05, 3.63) is 54.0 Å². The maximum absolute atomic E-state index is 13.0. The minimum absolute atomic E-state index is 0.0307. The number of carbonyl (C=O) groups is 1. The van der Waals surface area contributed by atoms with Gasteiger partial charge in [0.2, 0.25) is 0 Å². The fourth-order valence-corrected chi connectivity index (χ4v) is 2.84. The van der Waals surface area contributed by atoms with Crippen LogP contribution in [0, 0.1) is 5.41 Å². The van der Waals surface area contributed by atoms with Gasteiger partial charge < -0.3 is 14.6 Å². The number of amides is 1. The normalized spacial score (nSPS) is 21.5. The number of carbonyl (C=O) groups excluding carboxylic acids is 1. The van der Waals surface area contributed by atoms with Gasteiger partial charge >= 0.3 is 0 Å². The van der Waals surface area contributed by atoms with E-state index >= 15 is 0 Å². The quantitative estimate of drug-likeness (QED) is 0.907. The van der Waals surface area contributed by atoms with Crippen LogP contribution in [0.3, 0.4) is 0 Å². The first-order chi connectivity index (χ1) is 10.3. The number of rotatable bonds is 2. The molecule has 0 aliphatic carbocycles. The third kappa shape index (κ3) is 2.19.